The van der Waals surface area contributed by atoms with E-state index in [1.54, 1.807) is 13.1 Å². The van der Waals surface area contributed by atoms with Crippen LogP contribution in [0.5, 0.6) is 0 Å². The molecule has 0 saturated carbocycles. The summed E-state index contributed by atoms with van der Waals surface area (Å²) in [7, 11) is 0. The molecule has 3 heteroatoms. The van der Waals surface area contributed by atoms with E-state index in [2.05, 4.69) is 5.32 Å². The van der Waals surface area contributed by atoms with Crippen molar-refractivity contribution in [2.24, 2.45) is 5.92 Å². The summed E-state index contributed by atoms with van der Waals surface area (Å²) < 4.78 is 1.04. The predicted molar refractivity (Wildman–Crippen MR) is 45.8 cm³/mol. The first-order valence-electron chi connectivity index (χ1n) is 4.27. The van der Waals surface area contributed by atoms with Gasteiger partial charge >= 0.3 is 0 Å². The Kier molecular flexibility index (Phi) is 3.36. The van der Waals surface area contributed by atoms with Gasteiger partial charge in [0.15, 0.2) is 6.54 Å². The van der Waals surface area contributed by atoms with Gasteiger partial charge in [0.05, 0.1) is 0 Å². The molecule has 1 rings (SSSR count). The molecular weight excluding hydrogens is 140 g/mol. The zero-order valence-corrected chi connectivity index (χ0v) is 7.05. The lowest BCUT2D eigenvalue weighted by Gasteiger charge is -2.21. The number of hydrogen-bond donors (Lipinski definition) is 1. The summed E-state index contributed by atoms with van der Waals surface area (Å²) in [5.74, 6) is 0.602. The van der Waals surface area contributed by atoms with Gasteiger partial charge in [0.25, 0.3) is 0 Å². The largest absolute Gasteiger partial charge is 0.624 e. The lowest BCUT2D eigenvalue weighted by atomic mass is 9.98. The van der Waals surface area contributed by atoms with Gasteiger partial charge in [0.2, 0.25) is 0 Å². The summed E-state index contributed by atoms with van der Waals surface area (Å²) in [5, 5.41) is 14.2. The minimum absolute atomic E-state index is 0.602. The van der Waals surface area contributed by atoms with Gasteiger partial charge in [0, 0.05) is 12.8 Å². The molecule has 0 atom stereocenters. The summed E-state index contributed by atoms with van der Waals surface area (Å²) in [6.45, 7) is 4.61. The van der Waals surface area contributed by atoms with E-state index in [4.69, 9.17) is 0 Å². The van der Waals surface area contributed by atoms with Crippen LogP contribution in [0.1, 0.15) is 19.8 Å². The molecule has 1 aliphatic rings. The van der Waals surface area contributed by atoms with Crippen molar-refractivity contribution >= 4 is 6.21 Å². The van der Waals surface area contributed by atoms with E-state index in [1.807, 2.05) is 0 Å². The van der Waals surface area contributed by atoms with Crippen molar-refractivity contribution in [3.05, 3.63) is 5.21 Å². The molecule has 1 N–H and O–H groups in total. The van der Waals surface area contributed by atoms with Crippen LogP contribution in [0.25, 0.3) is 0 Å². The first-order chi connectivity index (χ1) is 5.33. The van der Waals surface area contributed by atoms with Gasteiger partial charge in [-0.2, -0.15) is 0 Å². The number of hydrogen-bond acceptors (Lipinski definition) is 2. The molecule has 1 heterocycles. The molecule has 64 valence electrons. The van der Waals surface area contributed by atoms with Crippen molar-refractivity contribution in [2.75, 3.05) is 19.6 Å². The first kappa shape index (κ1) is 8.53. The van der Waals surface area contributed by atoms with Gasteiger partial charge in [-0.05, 0) is 25.9 Å². The van der Waals surface area contributed by atoms with E-state index in [0.717, 1.165) is 30.7 Å². The molecule has 1 fully saturated rings. The van der Waals surface area contributed by atoms with E-state index in [0.29, 0.717) is 12.5 Å². The molecule has 0 aromatic heterocycles. The van der Waals surface area contributed by atoms with E-state index in [1.165, 1.54) is 0 Å². The van der Waals surface area contributed by atoms with Crippen LogP contribution >= 0.6 is 0 Å². The van der Waals surface area contributed by atoms with Crippen molar-refractivity contribution < 1.29 is 4.74 Å². The lowest BCUT2D eigenvalue weighted by molar-refractivity contribution is -0.462. The summed E-state index contributed by atoms with van der Waals surface area (Å²) in [4.78, 5) is 0. The van der Waals surface area contributed by atoms with Crippen molar-refractivity contribution in [1.82, 2.24) is 5.32 Å². The Balaban J connectivity index is 2.24. The third-order valence-corrected chi connectivity index (χ3v) is 2.18. The Morgan fingerprint density at radius 3 is 2.73 bits per heavy atom. The van der Waals surface area contributed by atoms with Crippen molar-refractivity contribution in [3.8, 4) is 0 Å². The van der Waals surface area contributed by atoms with Crippen LogP contribution in [-0.4, -0.2) is 30.6 Å². The Morgan fingerprint density at radius 1 is 1.55 bits per heavy atom. The third kappa shape index (κ3) is 2.89. The highest BCUT2D eigenvalue weighted by atomic mass is 16.5. The van der Waals surface area contributed by atoms with Gasteiger partial charge in [-0.1, -0.05) is 0 Å². The summed E-state index contributed by atoms with van der Waals surface area (Å²) >= 11 is 0. The summed E-state index contributed by atoms with van der Waals surface area (Å²) in [6.07, 6.45) is 3.89. The van der Waals surface area contributed by atoms with Crippen LogP contribution in [0.2, 0.25) is 0 Å². The van der Waals surface area contributed by atoms with Crippen molar-refractivity contribution in [1.29, 1.82) is 0 Å². The second kappa shape index (κ2) is 4.34. The highest BCUT2D eigenvalue weighted by molar-refractivity contribution is 5.46. The minimum atomic E-state index is 0.602. The highest BCUT2D eigenvalue weighted by Gasteiger charge is 2.15. The Labute approximate surface area is 67.7 Å². The SMILES string of the molecule is C/C=[N+](/[O-])CC1CCNCC1. The number of nitrogens with zero attached hydrogens (tertiary/aromatic N) is 1. The molecule has 0 radical (unpaired) electrons. The zero-order chi connectivity index (χ0) is 8.10. The Hall–Kier alpha value is -0.570. The maximum Gasteiger partial charge on any atom is 0.155 e. The van der Waals surface area contributed by atoms with Crippen LogP contribution in [0.15, 0.2) is 0 Å². The zero-order valence-electron chi connectivity index (χ0n) is 7.05. The summed E-state index contributed by atoms with van der Waals surface area (Å²) in [6, 6.07) is 0. The van der Waals surface area contributed by atoms with Gasteiger partial charge < -0.3 is 10.5 Å². The molecule has 0 aliphatic carbocycles. The smallest absolute Gasteiger partial charge is 0.155 e. The Bertz CT molecular complexity index is 139. The fourth-order valence-corrected chi connectivity index (χ4v) is 1.42. The van der Waals surface area contributed by atoms with Crippen LogP contribution < -0.4 is 5.32 Å². The van der Waals surface area contributed by atoms with Gasteiger partial charge in [-0.25, -0.2) is 4.74 Å². The predicted octanol–water partition coefficient (Wildman–Crippen LogP) is 0.587. The molecule has 0 amide bonds. The van der Waals surface area contributed by atoms with E-state index >= 15 is 0 Å². The number of nitrogens with one attached hydrogen (secondary N) is 1. The second-order valence-electron chi connectivity index (χ2n) is 3.05. The van der Waals surface area contributed by atoms with E-state index < -0.39 is 0 Å². The standard InChI is InChI=1S/C8H16N2O/c1-2-10(11)7-8-3-5-9-6-4-8/h2,8-9H,3-7H2,1H3/b10-2+. The fourth-order valence-electron chi connectivity index (χ4n) is 1.42. The van der Waals surface area contributed by atoms with Gasteiger partial charge in [-0.15, -0.1) is 0 Å². The second-order valence-corrected chi connectivity index (χ2v) is 3.05. The van der Waals surface area contributed by atoms with Crippen LogP contribution in [0.3, 0.4) is 0 Å². The number of piperidine rings is 1. The molecule has 0 aromatic rings. The van der Waals surface area contributed by atoms with E-state index in [9.17, 15) is 5.21 Å². The summed E-state index contributed by atoms with van der Waals surface area (Å²) in [5.41, 5.74) is 0. The molecular formula is C8H16N2O. The molecule has 0 bridgehead atoms. The molecule has 11 heavy (non-hydrogen) atoms. The highest BCUT2D eigenvalue weighted by Crippen LogP contribution is 2.10. The van der Waals surface area contributed by atoms with Crippen LogP contribution in [0, 0.1) is 11.1 Å². The molecule has 1 aliphatic heterocycles. The third-order valence-electron chi connectivity index (χ3n) is 2.18. The molecule has 0 unspecified atom stereocenters. The monoisotopic (exact) mass is 156 g/mol. The maximum atomic E-state index is 10.9. The average Bonchev–Trinajstić information content (AvgIpc) is 2.06. The quantitative estimate of drug-likeness (QED) is 0.275. The number of rotatable bonds is 2. The molecule has 0 aromatic carbocycles. The molecule has 3 nitrogen and oxygen atoms in total. The van der Waals surface area contributed by atoms with Crippen LogP contribution in [0.4, 0.5) is 0 Å². The van der Waals surface area contributed by atoms with Gasteiger partial charge in [0.1, 0.15) is 6.21 Å². The minimum Gasteiger partial charge on any atom is -0.624 e. The number of hydroxylamine groups is 1. The maximum absolute atomic E-state index is 10.9. The normalized spacial score (nSPS) is 22.1. The topological polar surface area (TPSA) is 38.1 Å². The Morgan fingerprint density at radius 2 is 2.18 bits per heavy atom. The average molecular weight is 156 g/mol. The van der Waals surface area contributed by atoms with Gasteiger partial charge in [-0.3, -0.25) is 0 Å². The lowest BCUT2D eigenvalue weighted by Crippen LogP contribution is -2.31. The van der Waals surface area contributed by atoms with E-state index in [-0.39, 0.29) is 0 Å². The molecule has 1 saturated heterocycles. The van der Waals surface area contributed by atoms with Crippen LogP contribution in [-0.2, 0) is 0 Å². The molecule has 0 spiro atoms. The first-order valence-corrected chi connectivity index (χ1v) is 4.27. The van der Waals surface area contributed by atoms with Crippen molar-refractivity contribution in [3.63, 3.8) is 0 Å². The fraction of sp³-hybridized carbons (Fsp3) is 0.875. The van der Waals surface area contributed by atoms with Crippen molar-refractivity contribution in [2.45, 2.75) is 19.8 Å².